The van der Waals surface area contributed by atoms with E-state index >= 15 is 0 Å². The third-order valence-corrected chi connectivity index (χ3v) is 14.0. The Hall–Kier alpha value is -7.33. The van der Waals surface area contributed by atoms with Crippen molar-refractivity contribution >= 4 is 32.8 Å². The van der Waals surface area contributed by atoms with Crippen LogP contribution in [-0.4, -0.2) is 14.1 Å². The molecule has 0 radical (unpaired) electrons. The molecule has 0 saturated heterocycles. The first-order valence-electron chi connectivity index (χ1n) is 30.5. The number of rotatable bonds is 8. The third-order valence-electron chi connectivity index (χ3n) is 14.0. The summed E-state index contributed by atoms with van der Waals surface area (Å²) in [6.45, 7) is 25.7. The first kappa shape index (κ1) is 40.9. The van der Waals surface area contributed by atoms with E-state index in [0.717, 1.165) is 44.3 Å². The van der Waals surface area contributed by atoms with Crippen LogP contribution in [0.1, 0.15) is 119 Å². The normalized spacial score (nSPS) is 14.2. The maximum atomic E-state index is 9.46. The van der Waals surface area contributed by atoms with Gasteiger partial charge in [0.15, 0.2) is 0 Å². The molecule has 0 saturated carbocycles. The second-order valence-corrected chi connectivity index (χ2v) is 23.5. The Bertz CT molecular complexity index is 4480. The first-order chi connectivity index (χ1) is 39.8. The Kier molecular flexibility index (Phi) is 10.6. The zero-order valence-electron chi connectivity index (χ0n) is 55.1. The molecule has 384 valence electrons. The van der Waals surface area contributed by atoms with Gasteiger partial charge in [-0.05, 0) is 119 Å². The molecule has 6 heteroatoms. The molecule has 3 heterocycles. The standard InChI is InChI=1S/C70H66N4O.Pt/c1-67(2,3)51-34-35-71-65(42-51)74-61-29-20-19-28-57(61)58-32-31-56(44-63(58)74)75-55-27-21-26-54(43-55)72-45-73(62-33-30-48(40-64(62)72)49-36-52(68(4,5)6)41-53(37-49)69(7,8)9)66-59(47-24-17-14-18-25-47)38-50(39-60(66)70(10,11)12)46-22-15-13-16-23-46;/h13-42H,1-12H3;/q-2;/i13D,14D,15D,16D,17D,18D,22D,23D,24D,25D;. The molecule has 0 fully saturated rings. The average molecular weight is 1180 g/mol. The maximum Gasteiger partial charge on any atom is 0.268 e. The Labute approximate surface area is 478 Å². The molecule has 3 aromatic heterocycles. The van der Waals surface area contributed by atoms with Gasteiger partial charge in [-0.1, -0.05) is 204 Å². The van der Waals surface area contributed by atoms with Crippen molar-refractivity contribution in [2.75, 3.05) is 0 Å². The Morgan fingerprint density at radius 2 is 1.16 bits per heavy atom. The molecule has 11 aromatic rings. The number of hydrogen-bond donors (Lipinski definition) is 0. The molecule has 0 atom stereocenters. The Balaban J connectivity index is 0.00000820. The minimum absolute atomic E-state index is 0. The summed E-state index contributed by atoms with van der Waals surface area (Å²) in [6.07, 6.45) is 5.51. The molecule has 0 bridgehead atoms. The van der Waals surface area contributed by atoms with Crippen LogP contribution in [0.15, 0.2) is 182 Å². The van der Waals surface area contributed by atoms with Gasteiger partial charge < -0.3 is 13.9 Å². The van der Waals surface area contributed by atoms with Gasteiger partial charge in [0.05, 0.1) is 30.4 Å². The number of benzene rings is 8. The fourth-order valence-corrected chi connectivity index (χ4v) is 9.78. The molecule has 0 spiro atoms. The third kappa shape index (κ3) is 9.99. The van der Waals surface area contributed by atoms with Crippen molar-refractivity contribution < 1.29 is 44.1 Å². The van der Waals surface area contributed by atoms with Crippen LogP contribution in [0.4, 0.5) is 0 Å². The van der Waals surface area contributed by atoms with Crippen LogP contribution in [0.3, 0.4) is 0 Å². The molecule has 0 N–H and O–H groups in total. The molecule has 0 aliphatic rings. The van der Waals surface area contributed by atoms with Crippen LogP contribution < -0.4 is 9.30 Å². The molecule has 0 aliphatic carbocycles. The average Bonchev–Trinajstić information content (AvgIpc) is 1.44. The molecular formula is C70H66N4OPt-2. The minimum Gasteiger partial charge on any atom is -0.510 e. The summed E-state index contributed by atoms with van der Waals surface area (Å²) in [5, 5.41) is 2.03. The molecule has 11 rings (SSSR count). The van der Waals surface area contributed by atoms with Gasteiger partial charge in [0.1, 0.15) is 5.82 Å². The van der Waals surface area contributed by atoms with E-state index in [1.54, 1.807) is 12.1 Å². The number of pyridine rings is 1. The number of nitrogens with zero attached hydrogens (tertiary/aromatic N) is 4. The SMILES string of the molecule is [2H]c1c([2H])c([2H])c(-c2cc(-c3c([2H])c([2H])c([2H])c([2H])c3[2H])c(-[n+]3[c-]n(-c4[c-]c(Oc5[c-]c6c(cc5)c5ccccc5n6-c5cc(C(C)(C)C)ccn5)ccc4)c4cc(-c5cc(C(C)(C)C)cc(C(C)(C)C)c5)ccc43)c(C(C)(C)C)c2)c([2H])c1[2H].[Pt]. The van der Waals surface area contributed by atoms with Crippen molar-refractivity contribution in [3.8, 4) is 62.1 Å². The van der Waals surface area contributed by atoms with Crippen molar-refractivity contribution in [2.45, 2.75) is 105 Å². The topological polar surface area (TPSA) is 35.9 Å². The van der Waals surface area contributed by atoms with E-state index in [2.05, 4.69) is 134 Å². The predicted octanol–water partition coefficient (Wildman–Crippen LogP) is 17.8. The Morgan fingerprint density at radius 1 is 0.513 bits per heavy atom. The number of aromatic nitrogens is 4. The summed E-state index contributed by atoms with van der Waals surface area (Å²) in [7, 11) is 0. The van der Waals surface area contributed by atoms with E-state index in [0.29, 0.717) is 39.5 Å². The van der Waals surface area contributed by atoms with Crippen LogP contribution in [0.2, 0.25) is 0 Å². The van der Waals surface area contributed by atoms with Crippen molar-refractivity contribution in [3.05, 3.63) is 223 Å². The van der Waals surface area contributed by atoms with E-state index in [4.69, 9.17) is 20.7 Å². The summed E-state index contributed by atoms with van der Waals surface area (Å²) < 4.78 is 102. The molecule has 76 heavy (non-hydrogen) atoms. The van der Waals surface area contributed by atoms with Gasteiger partial charge in [0.25, 0.3) is 6.33 Å². The second-order valence-electron chi connectivity index (χ2n) is 23.5. The van der Waals surface area contributed by atoms with E-state index in [1.807, 2.05) is 90.7 Å². The van der Waals surface area contributed by atoms with Crippen molar-refractivity contribution in [1.29, 1.82) is 0 Å². The predicted molar refractivity (Wildman–Crippen MR) is 311 cm³/mol. The Morgan fingerprint density at radius 3 is 1.83 bits per heavy atom. The largest absolute Gasteiger partial charge is 0.510 e. The van der Waals surface area contributed by atoms with Gasteiger partial charge in [-0.15, -0.1) is 29.7 Å². The van der Waals surface area contributed by atoms with E-state index in [1.165, 1.54) is 11.1 Å². The molecule has 0 aliphatic heterocycles. The van der Waals surface area contributed by atoms with Crippen LogP contribution in [0.25, 0.3) is 83.4 Å². The van der Waals surface area contributed by atoms with Crippen LogP contribution in [-0.2, 0) is 42.7 Å². The molecule has 0 amide bonds. The van der Waals surface area contributed by atoms with E-state index < -0.39 is 65.8 Å². The fourth-order valence-electron chi connectivity index (χ4n) is 9.78. The number of hydrogen-bond acceptors (Lipinski definition) is 2. The van der Waals surface area contributed by atoms with E-state index in [-0.39, 0.29) is 59.6 Å². The van der Waals surface area contributed by atoms with Gasteiger partial charge >= 0.3 is 0 Å². The van der Waals surface area contributed by atoms with Gasteiger partial charge in [0.2, 0.25) is 0 Å². The quantitative estimate of drug-likeness (QED) is 0.112. The number of para-hydroxylation sites is 1. The summed E-state index contributed by atoms with van der Waals surface area (Å²) in [6, 6.07) is 40.2. The number of ether oxygens (including phenoxy) is 1. The fraction of sp³-hybridized carbons (Fsp3) is 0.229. The summed E-state index contributed by atoms with van der Waals surface area (Å²) in [5.74, 6) is 1.59. The minimum atomic E-state index is -0.804. The van der Waals surface area contributed by atoms with Crippen molar-refractivity contribution in [1.82, 2.24) is 14.1 Å². The van der Waals surface area contributed by atoms with Gasteiger partial charge in [0, 0.05) is 44.3 Å². The molecule has 0 unspecified atom stereocenters. The van der Waals surface area contributed by atoms with Gasteiger partial charge in [-0.3, -0.25) is 4.57 Å². The summed E-state index contributed by atoms with van der Waals surface area (Å²) in [5.41, 5.74) is 8.83. The van der Waals surface area contributed by atoms with Gasteiger partial charge in [-0.25, -0.2) is 4.98 Å². The molecular weight excluding hydrogens is 1110 g/mol. The number of imidazole rings is 1. The van der Waals surface area contributed by atoms with Crippen LogP contribution >= 0.6 is 0 Å². The number of fused-ring (bicyclic) bond motifs is 4. The first-order valence-corrected chi connectivity index (χ1v) is 25.5. The zero-order valence-corrected chi connectivity index (χ0v) is 47.3. The summed E-state index contributed by atoms with van der Waals surface area (Å²) in [4.78, 5) is 4.86. The monoisotopic (exact) mass is 1180 g/mol. The van der Waals surface area contributed by atoms with E-state index in [9.17, 15) is 2.74 Å². The molecule has 5 nitrogen and oxygen atoms in total. The summed E-state index contributed by atoms with van der Waals surface area (Å²) >= 11 is 0. The van der Waals surface area contributed by atoms with Crippen LogP contribution in [0.5, 0.6) is 11.5 Å². The van der Waals surface area contributed by atoms with Crippen molar-refractivity contribution in [3.63, 3.8) is 0 Å². The van der Waals surface area contributed by atoms with Gasteiger partial charge in [-0.2, -0.15) is 18.2 Å². The smallest absolute Gasteiger partial charge is 0.268 e. The maximum absolute atomic E-state index is 9.46. The van der Waals surface area contributed by atoms with Crippen LogP contribution in [0, 0.1) is 18.5 Å². The molecule has 8 aromatic carbocycles. The zero-order chi connectivity index (χ0) is 61.3. The van der Waals surface area contributed by atoms with Crippen molar-refractivity contribution in [2.24, 2.45) is 0 Å². The second kappa shape index (κ2) is 19.7.